The molecule has 2 saturated carbocycles. The Hall–Kier alpha value is -0.810. The molecule has 0 aromatic carbocycles. The smallest absolute Gasteiger partial charge is 0.318 e. The SMILES string of the molecule is C[C@H](CN1CCCCCC1)NC(=O)N1C[C@@H]2C[C@H]3C[C@H]2[C@H]1[C@@H]3O. The molecule has 2 amide bonds. The molecule has 4 fully saturated rings. The molecule has 5 heteroatoms. The minimum atomic E-state index is -0.287. The van der Waals surface area contributed by atoms with Crippen molar-refractivity contribution in [3.63, 3.8) is 0 Å². The van der Waals surface area contributed by atoms with Crippen LogP contribution in [0.3, 0.4) is 0 Å². The van der Waals surface area contributed by atoms with E-state index in [4.69, 9.17) is 0 Å². The van der Waals surface area contributed by atoms with E-state index in [0.29, 0.717) is 17.8 Å². The lowest BCUT2D eigenvalue weighted by molar-refractivity contribution is 0.0602. The quantitative estimate of drug-likeness (QED) is 0.831. The van der Waals surface area contributed by atoms with Crippen LogP contribution in [0.1, 0.15) is 45.4 Å². The van der Waals surface area contributed by atoms with Gasteiger partial charge in [-0.05, 0) is 63.5 Å². The predicted octanol–water partition coefficient (Wildman–Crippen LogP) is 1.66. The number of carbonyl (C=O) groups is 1. The van der Waals surface area contributed by atoms with Crippen molar-refractivity contribution in [1.82, 2.24) is 15.1 Å². The van der Waals surface area contributed by atoms with E-state index in [0.717, 1.165) is 39.0 Å². The fourth-order valence-electron chi connectivity index (χ4n) is 5.69. The van der Waals surface area contributed by atoms with Crippen LogP contribution < -0.4 is 5.32 Å². The zero-order valence-electron chi connectivity index (χ0n) is 14.3. The second-order valence-electron chi connectivity index (χ2n) is 8.35. The highest BCUT2D eigenvalue weighted by Gasteiger charge is 2.60. The van der Waals surface area contributed by atoms with Gasteiger partial charge in [0.15, 0.2) is 0 Å². The number of nitrogens with zero attached hydrogens (tertiary/aromatic N) is 2. The number of hydrogen-bond acceptors (Lipinski definition) is 3. The van der Waals surface area contributed by atoms with E-state index in [2.05, 4.69) is 17.1 Å². The Labute approximate surface area is 139 Å². The summed E-state index contributed by atoms with van der Waals surface area (Å²) in [6.07, 6.45) is 7.21. The molecule has 2 aliphatic heterocycles. The van der Waals surface area contributed by atoms with Crippen LogP contribution in [-0.4, -0.2) is 65.3 Å². The second kappa shape index (κ2) is 6.25. The van der Waals surface area contributed by atoms with E-state index in [1.165, 1.54) is 25.7 Å². The van der Waals surface area contributed by atoms with E-state index in [9.17, 15) is 9.90 Å². The number of amides is 2. The first kappa shape index (κ1) is 15.7. The van der Waals surface area contributed by atoms with Gasteiger partial charge in [0.2, 0.25) is 0 Å². The number of rotatable bonds is 3. The third kappa shape index (κ3) is 2.86. The van der Waals surface area contributed by atoms with Gasteiger partial charge in [0.1, 0.15) is 0 Å². The highest BCUT2D eigenvalue weighted by Crippen LogP contribution is 2.54. The van der Waals surface area contributed by atoms with Gasteiger partial charge >= 0.3 is 6.03 Å². The van der Waals surface area contributed by atoms with Crippen molar-refractivity contribution >= 4 is 6.03 Å². The second-order valence-corrected chi connectivity index (χ2v) is 8.35. The molecule has 0 aromatic heterocycles. The molecular weight excluding hydrogens is 290 g/mol. The Morgan fingerprint density at radius 3 is 2.61 bits per heavy atom. The molecule has 4 rings (SSSR count). The van der Waals surface area contributed by atoms with Gasteiger partial charge in [-0.1, -0.05) is 12.8 Å². The van der Waals surface area contributed by atoms with E-state index < -0.39 is 0 Å². The lowest BCUT2D eigenvalue weighted by Crippen LogP contribution is -2.52. The number of aliphatic hydroxyl groups excluding tert-OH is 1. The lowest BCUT2D eigenvalue weighted by atomic mass is 9.88. The monoisotopic (exact) mass is 321 g/mol. The van der Waals surface area contributed by atoms with Crippen LogP contribution in [0.15, 0.2) is 0 Å². The average Bonchev–Trinajstić information content (AvgIpc) is 3.03. The van der Waals surface area contributed by atoms with Gasteiger partial charge in [0, 0.05) is 19.1 Å². The Kier molecular flexibility index (Phi) is 4.26. The van der Waals surface area contributed by atoms with Crippen molar-refractivity contribution in [3.8, 4) is 0 Å². The summed E-state index contributed by atoms with van der Waals surface area (Å²) >= 11 is 0. The minimum absolute atomic E-state index is 0.0476. The van der Waals surface area contributed by atoms with Gasteiger partial charge in [-0.25, -0.2) is 4.79 Å². The summed E-state index contributed by atoms with van der Waals surface area (Å²) in [5.74, 6) is 1.64. The number of fused-ring (bicyclic) bond motifs is 1. The summed E-state index contributed by atoms with van der Waals surface area (Å²) in [6, 6.07) is 0.309. The third-order valence-corrected chi connectivity index (χ3v) is 6.71. The van der Waals surface area contributed by atoms with E-state index in [1.54, 1.807) is 0 Å². The summed E-state index contributed by atoms with van der Waals surface area (Å²) in [4.78, 5) is 17.1. The molecule has 0 aromatic rings. The zero-order chi connectivity index (χ0) is 16.0. The van der Waals surface area contributed by atoms with Crippen LogP contribution in [0.25, 0.3) is 0 Å². The van der Waals surface area contributed by atoms with Crippen molar-refractivity contribution < 1.29 is 9.90 Å². The van der Waals surface area contributed by atoms with Crippen LogP contribution >= 0.6 is 0 Å². The zero-order valence-corrected chi connectivity index (χ0v) is 14.3. The minimum Gasteiger partial charge on any atom is -0.391 e. The number of hydrogen-bond donors (Lipinski definition) is 2. The predicted molar refractivity (Wildman–Crippen MR) is 89.1 cm³/mol. The van der Waals surface area contributed by atoms with Crippen LogP contribution in [0, 0.1) is 17.8 Å². The van der Waals surface area contributed by atoms with Gasteiger partial charge in [0.25, 0.3) is 0 Å². The summed E-state index contributed by atoms with van der Waals surface area (Å²) in [5, 5.41) is 13.6. The highest BCUT2D eigenvalue weighted by molar-refractivity contribution is 5.75. The van der Waals surface area contributed by atoms with E-state index in [-0.39, 0.29) is 24.2 Å². The summed E-state index contributed by atoms with van der Waals surface area (Å²) in [7, 11) is 0. The fourth-order valence-corrected chi connectivity index (χ4v) is 5.69. The molecule has 4 aliphatic rings. The number of likely N-dealkylation sites (tertiary alicyclic amines) is 2. The summed E-state index contributed by atoms with van der Waals surface area (Å²) in [5.41, 5.74) is 0. The molecule has 0 spiro atoms. The molecule has 2 saturated heterocycles. The molecule has 2 bridgehead atoms. The van der Waals surface area contributed by atoms with Gasteiger partial charge < -0.3 is 20.2 Å². The van der Waals surface area contributed by atoms with Crippen molar-refractivity contribution in [1.29, 1.82) is 0 Å². The Morgan fingerprint density at radius 1 is 1.17 bits per heavy atom. The fraction of sp³-hybridized carbons (Fsp3) is 0.944. The van der Waals surface area contributed by atoms with Crippen LogP contribution in [-0.2, 0) is 0 Å². The van der Waals surface area contributed by atoms with Crippen molar-refractivity contribution in [2.45, 2.75) is 63.6 Å². The van der Waals surface area contributed by atoms with Crippen LogP contribution in [0.4, 0.5) is 4.79 Å². The maximum absolute atomic E-state index is 12.7. The maximum atomic E-state index is 12.7. The number of carbonyl (C=O) groups excluding carboxylic acids is 1. The van der Waals surface area contributed by atoms with E-state index in [1.807, 2.05) is 4.90 Å². The Balaban J connectivity index is 1.31. The molecule has 2 aliphatic carbocycles. The van der Waals surface area contributed by atoms with Crippen LogP contribution in [0.2, 0.25) is 0 Å². The van der Waals surface area contributed by atoms with Crippen molar-refractivity contribution in [2.24, 2.45) is 17.8 Å². The molecule has 5 nitrogen and oxygen atoms in total. The normalized spacial score (nSPS) is 41.1. The first-order chi connectivity index (χ1) is 11.1. The van der Waals surface area contributed by atoms with Crippen LogP contribution in [0.5, 0.6) is 0 Å². The summed E-state index contributed by atoms with van der Waals surface area (Å²) < 4.78 is 0. The lowest BCUT2D eigenvalue weighted by Gasteiger charge is -2.31. The number of aliphatic hydroxyl groups is 1. The topological polar surface area (TPSA) is 55.8 Å². The van der Waals surface area contributed by atoms with Gasteiger partial charge in [-0.3, -0.25) is 0 Å². The number of urea groups is 1. The average molecular weight is 321 g/mol. The molecule has 2 N–H and O–H groups in total. The van der Waals surface area contributed by atoms with Gasteiger partial charge in [-0.15, -0.1) is 0 Å². The first-order valence-corrected chi connectivity index (χ1v) is 9.61. The first-order valence-electron chi connectivity index (χ1n) is 9.61. The maximum Gasteiger partial charge on any atom is 0.318 e. The Bertz CT molecular complexity index is 448. The Morgan fingerprint density at radius 2 is 1.91 bits per heavy atom. The van der Waals surface area contributed by atoms with E-state index >= 15 is 0 Å². The standard InChI is InChI=1S/C18H31N3O2/c1-12(10-20-6-4-2-3-5-7-20)19-18(23)21-11-14-8-13-9-15(14)16(21)17(13)22/h12-17,22H,2-11H2,1H3,(H,19,23)/t12-,13+,14+,15-,16+,17-/m1/s1. The molecule has 23 heavy (non-hydrogen) atoms. The molecule has 2 heterocycles. The molecule has 130 valence electrons. The number of nitrogens with one attached hydrogen (secondary N) is 1. The summed E-state index contributed by atoms with van der Waals surface area (Å²) in [6.45, 7) is 6.24. The highest BCUT2D eigenvalue weighted by atomic mass is 16.3. The molecule has 0 radical (unpaired) electrons. The molecule has 0 unspecified atom stereocenters. The van der Waals surface area contributed by atoms with Crippen molar-refractivity contribution in [3.05, 3.63) is 0 Å². The largest absolute Gasteiger partial charge is 0.391 e. The third-order valence-electron chi connectivity index (χ3n) is 6.71. The van der Waals surface area contributed by atoms with Gasteiger partial charge in [0.05, 0.1) is 12.1 Å². The van der Waals surface area contributed by atoms with Gasteiger partial charge in [-0.2, -0.15) is 0 Å². The molecular formula is C18H31N3O2. The molecule has 6 atom stereocenters. The van der Waals surface area contributed by atoms with Crippen molar-refractivity contribution in [2.75, 3.05) is 26.2 Å².